The molecule has 0 heteroatoms. The third-order valence-electron chi connectivity index (χ3n) is 3.14. The molecule has 1 aromatic carbocycles. The van der Waals surface area contributed by atoms with Crippen LogP contribution in [0.2, 0.25) is 0 Å². The summed E-state index contributed by atoms with van der Waals surface area (Å²) in [4.78, 5) is 0. The monoisotopic (exact) mass is 198 g/mol. The molecule has 1 unspecified atom stereocenters. The molecule has 1 aliphatic carbocycles. The van der Waals surface area contributed by atoms with Crippen molar-refractivity contribution in [3.63, 3.8) is 0 Å². The highest BCUT2D eigenvalue weighted by molar-refractivity contribution is 5.70. The molecule has 0 saturated carbocycles. The van der Waals surface area contributed by atoms with Gasteiger partial charge in [0.2, 0.25) is 0 Å². The summed E-state index contributed by atoms with van der Waals surface area (Å²) in [5, 5.41) is 0. The van der Waals surface area contributed by atoms with Crippen molar-refractivity contribution in [1.82, 2.24) is 0 Å². The first-order valence-electron chi connectivity index (χ1n) is 5.78. The van der Waals surface area contributed by atoms with E-state index in [-0.39, 0.29) is 0 Å². The van der Waals surface area contributed by atoms with Gasteiger partial charge in [-0.1, -0.05) is 56.3 Å². The maximum Gasteiger partial charge on any atom is -0.0150 e. The second kappa shape index (κ2) is 4.48. The van der Waals surface area contributed by atoms with E-state index in [1.54, 1.807) is 0 Å². The highest BCUT2D eigenvalue weighted by Gasteiger charge is 2.12. The molecule has 0 nitrogen and oxygen atoms in total. The van der Waals surface area contributed by atoms with Crippen LogP contribution in [0, 0.1) is 0 Å². The van der Waals surface area contributed by atoms with Crippen LogP contribution in [-0.2, 0) is 0 Å². The lowest BCUT2D eigenvalue weighted by Crippen LogP contribution is -1.99. The molecule has 0 amide bonds. The van der Waals surface area contributed by atoms with Crippen LogP contribution in [0.3, 0.4) is 0 Å². The molecule has 1 atom stereocenters. The molecule has 0 heterocycles. The van der Waals surface area contributed by atoms with Gasteiger partial charge >= 0.3 is 0 Å². The number of fused-ring (bicyclic) bond motifs is 1. The third-order valence-corrected chi connectivity index (χ3v) is 3.14. The zero-order chi connectivity index (χ0) is 10.7. The van der Waals surface area contributed by atoms with E-state index in [2.05, 4.69) is 56.3 Å². The molecule has 0 N–H and O–H groups in total. The van der Waals surface area contributed by atoms with Crippen molar-refractivity contribution in [1.29, 1.82) is 0 Å². The van der Waals surface area contributed by atoms with Crippen molar-refractivity contribution in [2.75, 3.05) is 0 Å². The van der Waals surface area contributed by atoms with Gasteiger partial charge in [0.05, 0.1) is 0 Å². The quantitative estimate of drug-likeness (QED) is 0.621. The molecule has 0 aliphatic heterocycles. The summed E-state index contributed by atoms with van der Waals surface area (Å²) in [6.07, 6.45) is 8.98. The van der Waals surface area contributed by atoms with Gasteiger partial charge in [-0.2, -0.15) is 0 Å². The van der Waals surface area contributed by atoms with Crippen molar-refractivity contribution in [3.8, 4) is 0 Å². The van der Waals surface area contributed by atoms with E-state index >= 15 is 0 Å². The minimum atomic E-state index is 0.632. The first-order chi connectivity index (χ1) is 7.33. The fourth-order valence-electron chi connectivity index (χ4n) is 2.21. The maximum atomic E-state index is 2.31. The minimum absolute atomic E-state index is 0.632. The van der Waals surface area contributed by atoms with Crippen LogP contribution in [0.25, 0.3) is 5.57 Å². The molecule has 78 valence electrons. The average molecular weight is 198 g/mol. The Bertz CT molecular complexity index is 396. The van der Waals surface area contributed by atoms with E-state index < -0.39 is 0 Å². The van der Waals surface area contributed by atoms with Crippen molar-refractivity contribution in [2.45, 2.75) is 32.6 Å². The summed E-state index contributed by atoms with van der Waals surface area (Å²) in [7, 11) is 0. The Labute approximate surface area is 92.3 Å². The van der Waals surface area contributed by atoms with Gasteiger partial charge in [0.15, 0.2) is 0 Å². The summed E-state index contributed by atoms with van der Waals surface area (Å²) in [6, 6.07) is 8.80. The summed E-state index contributed by atoms with van der Waals surface area (Å²) < 4.78 is 0. The van der Waals surface area contributed by atoms with E-state index in [1.807, 2.05) is 0 Å². The molecule has 0 saturated heterocycles. The number of allylic oxidation sites excluding steroid dienone is 4. The second-order valence-corrected chi connectivity index (χ2v) is 4.20. The van der Waals surface area contributed by atoms with Gasteiger partial charge in [-0.05, 0) is 35.5 Å². The van der Waals surface area contributed by atoms with Crippen LogP contribution >= 0.6 is 0 Å². The van der Waals surface area contributed by atoms with Gasteiger partial charge < -0.3 is 0 Å². The minimum Gasteiger partial charge on any atom is -0.0839 e. The fourth-order valence-corrected chi connectivity index (χ4v) is 2.21. The van der Waals surface area contributed by atoms with Gasteiger partial charge in [-0.15, -0.1) is 0 Å². The molecule has 15 heavy (non-hydrogen) atoms. The Balaban J connectivity index is 2.55. The zero-order valence-corrected chi connectivity index (χ0v) is 9.53. The van der Waals surface area contributed by atoms with Gasteiger partial charge in [0, 0.05) is 0 Å². The van der Waals surface area contributed by atoms with E-state index in [4.69, 9.17) is 0 Å². The first-order valence-corrected chi connectivity index (χ1v) is 5.78. The lowest BCUT2D eigenvalue weighted by Gasteiger charge is -2.18. The molecule has 0 fully saturated rings. The maximum absolute atomic E-state index is 2.31. The molecular formula is C15H18. The topological polar surface area (TPSA) is 0 Å². The number of hydrogen-bond donors (Lipinski definition) is 0. The van der Waals surface area contributed by atoms with Crippen molar-refractivity contribution in [3.05, 3.63) is 53.6 Å². The standard InChI is InChI=1S/C15H18/c1-3-13-9-5-4-8-12(2)14-10-6-7-11-15(13)14/h4-7,9-12H,3,8H2,1-2H3/b5-4+,13-9-. The normalized spacial score (nSPS) is 25.7. The third kappa shape index (κ3) is 2.04. The molecule has 0 radical (unpaired) electrons. The molecule has 0 spiro atoms. The predicted molar refractivity (Wildman–Crippen MR) is 66.9 cm³/mol. The van der Waals surface area contributed by atoms with Gasteiger partial charge in [0.1, 0.15) is 0 Å². The highest BCUT2D eigenvalue weighted by Crippen LogP contribution is 2.31. The fraction of sp³-hybridized carbons (Fsp3) is 0.333. The molecular weight excluding hydrogens is 180 g/mol. The largest absolute Gasteiger partial charge is 0.0839 e. The van der Waals surface area contributed by atoms with E-state index in [0.717, 1.165) is 12.8 Å². The van der Waals surface area contributed by atoms with Crippen molar-refractivity contribution in [2.24, 2.45) is 0 Å². The summed E-state index contributed by atoms with van der Waals surface area (Å²) >= 11 is 0. The Hall–Kier alpha value is -1.30. The molecule has 2 rings (SSSR count). The molecule has 0 aromatic heterocycles. The Morgan fingerprint density at radius 1 is 1.27 bits per heavy atom. The summed E-state index contributed by atoms with van der Waals surface area (Å²) in [5.41, 5.74) is 4.39. The lowest BCUT2D eigenvalue weighted by atomic mass is 9.87. The van der Waals surface area contributed by atoms with Gasteiger partial charge in [-0.3, -0.25) is 0 Å². The smallest absolute Gasteiger partial charge is 0.0150 e. The highest BCUT2D eigenvalue weighted by atomic mass is 14.2. The lowest BCUT2D eigenvalue weighted by molar-refractivity contribution is 0.775. The Morgan fingerprint density at radius 3 is 2.87 bits per heavy atom. The first kappa shape index (κ1) is 10.2. The van der Waals surface area contributed by atoms with Gasteiger partial charge in [-0.25, -0.2) is 0 Å². The van der Waals surface area contributed by atoms with Crippen LogP contribution in [0.4, 0.5) is 0 Å². The van der Waals surface area contributed by atoms with E-state index in [1.165, 1.54) is 16.7 Å². The number of rotatable bonds is 1. The van der Waals surface area contributed by atoms with Crippen LogP contribution < -0.4 is 0 Å². The Morgan fingerprint density at radius 2 is 2.07 bits per heavy atom. The summed E-state index contributed by atoms with van der Waals surface area (Å²) in [5.74, 6) is 0.632. The number of benzene rings is 1. The molecule has 1 aliphatic rings. The van der Waals surface area contributed by atoms with Crippen LogP contribution in [0.5, 0.6) is 0 Å². The SMILES string of the molecule is CC/C1=C/C=C/CC(C)c2ccccc21. The van der Waals surface area contributed by atoms with Crippen LogP contribution in [0.15, 0.2) is 42.5 Å². The van der Waals surface area contributed by atoms with E-state index in [0.29, 0.717) is 5.92 Å². The predicted octanol–water partition coefficient (Wildman–Crippen LogP) is 4.54. The second-order valence-electron chi connectivity index (χ2n) is 4.20. The van der Waals surface area contributed by atoms with Crippen molar-refractivity contribution < 1.29 is 0 Å². The number of hydrogen-bond acceptors (Lipinski definition) is 0. The molecule has 0 bridgehead atoms. The van der Waals surface area contributed by atoms with Crippen molar-refractivity contribution >= 4 is 5.57 Å². The Kier molecular flexibility index (Phi) is 3.05. The summed E-state index contributed by atoms with van der Waals surface area (Å²) in [6.45, 7) is 4.53. The molecule has 1 aromatic rings. The average Bonchev–Trinajstić information content (AvgIpc) is 2.27. The van der Waals surface area contributed by atoms with E-state index in [9.17, 15) is 0 Å². The van der Waals surface area contributed by atoms with Crippen LogP contribution in [-0.4, -0.2) is 0 Å². The zero-order valence-electron chi connectivity index (χ0n) is 9.53. The van der Waals surface area contributed by atoms with Gasteiger partial charge in [0.25, 0.3) is 0 Å². The van der Waals surface area contributed by atoms with Crippen LogP contribution in [0.1, 0.15) is 43.7 Å².